The minimum absolute atomic E-state index is 0.0556. The molecule has 2 aliphatic heterocycles. The molecule has 36 heavy (non-hydrogen) atoms. The van der Waals surface area contributed by atoms with E-state index in [1.165, 1.54) is 0 Å². The van der Waals surface area contributed by atoms with Crippen molar-refractivity contribution in [3.63, 3.8) is 0 Å². The molecule has 0 saturated carbocycles. The Kier molecular flexibility index (Phi) is 6.59. The van der Waals surface area contributed by atoms with Crippen molar-refractivity contribution in [2.75, 3.05) is 31.7 Å². The van der Waals surface area contributed by atoms with Crippen LogP contribution in [-0.2, 0) is 14.6 Å². The van der Waals surface area contributed by atoms with Gasteiger partial charge in [0.2, 0.25) is 11.8 Å². The lowest BCUT2D eigenvalue weighted by Gasteiger charge is -2.26. The molecule has 0 N–H and O–H groups in total. The highest BCUT2D eigenvalue weighted by Gasteiger charge is 2.35. The van der Waals surface area contributed by atoms with Crippen LogP contribution in [0.5, 0.6) is 11.6 Å². The van der Waals surface area contributed by atoms with E-state index in [-0.39, 0.29) is 29.4 Å². The number of hydrogen-bond acceptors (Lipinski definition) is 7. The van der Waals surface area contributed by atoms with Crippen LogP contribution in [0.1, 0.15) is 30.4 Å². The summed E-state index contributed by atoms with van der Waals surface area (Å²) in [5.41, 5.74) is 4.83. The van der Waals surface area contributed by atoms with E-state index in [0.29, 0.717) is 31.8 Å². The minimum Gasteiger partial charge on any atom is -0.488 e. The van der Waals surface area contributed by atoms with Crippen LogP contribution in [0.2, 0.25) is 0 Å². The maximum absolute atomic E-state index is 13.0. The van der Waals surface area contributed by atoms with Crippen molar-refractivity contribution in [3.05, 3.63) is 47.8 Å². The van der Waals surface area contributed by atoms with Gasteiger partial charge in [0.1, 0.15) is 21.7 Å². The Balaban J connectivity index is 1.35. The zero-order valence-electron chi connectivity index (χ0n) is 20.9. The number of aromatic nitrogens is 2. The summed E-state index contributed by atoms with van der Waals surface area (Å²) in [6.07, 6.45) is 5.08. The highest BCUT2D eigenvalue weighted by molar-refractivity contribution is 7.91. The van der Waals surface area contributed by atoms with Crippen LogP contribution in [0.4, 0.5) is 0 Å². The fourth-order valence-corrected chi connectivity index (χ4v) is 6.78. The highest BCUT2D eigenvalue weighted by atomic mass is 32.2. The van der Waals surface area contributed by atoms with Gasteiger partial charge in [-0.2, -0.15) is 0 Å². The Bertz CT molecular complexity index is 1410. The number of pyridine rings is 2. The topological polar surface area (TPSA) is 98.7 Å². The summed E-state index contributed by atoms with van der Waals surface area (Å²) >= 11 is 0. The number of carbonyl (C=O) groups excluding carboxylic acids is 1. The van der Waals surface area contributed by atoms with Gasteiger partial charge in [-0.1, -0.05) is 0 Å². The van der Waals surface area contributed by atoms with Gasteiger partial charge in [0.05, 0.1) is 30.7 Å². The van der Waals surface area contributed by atoms with E-state index in [0.717, 1.165) is 45.3 Å². The van der Waals surface area contributed by atoms with Crippen molar-refractivity contribution in [2.45, 2.75) is 39.2 Å². The fraction of sp³-hybridized carbons (Fsp3) is 0.444. The minimum atomic E-state index is -2.99. The Morgan fingerprint density at radius 1 is 1.08 bits per heavy atom. The lowest BCUT2D eigenvalue weighted by atomic mass is 9.98. The Labute approximate surface area is 211 Å². The fourth-order valence-electron chi connectivity index (χ4n) is 5.29. The van der Waals surface area contributed by atoms with Gasteiger partial charge in [0.25, 0.3) is 0 Å². The van der Waals surface area contributed by atoms with Crippen molar-refractivity contribution >= 4 is 26.6 Å². The molecule has 2 aromatic heterocycles. The standard InChI is InChI=1S/C27H31N3O5S/c1-17-14-20(15-29-26(17)34-3)22-6-10-28-23-4-5-24(18(2)25(22)23)35-21-7-11-30(16-21)27(31)19-8-12-36(32,33)13-9-19/h4-6,10,14-15,19,21H,7-9,11-13,16H2,1-3H3/t21-/m0/s1. The molecule has 4 heterocycles. The molecule has 0 spiro atoms. The second-order valence-corrected chi connectivity index (χ2v) is 12.0. The maximum atomic E-state index is 13.0. The van der Waals surface area contributed by atoms with Crippen LogP contribution in [0, 0.1) is 19.8 Å². The largest absolute Gasteiger partial charge is 0.488 e. The van der Waals surface area contributed by atoms with Gasteiger partial charge in [-0.15, -0.1) is 0 Å². The molecule has 0 bridgehead atoms. The normalized spacial score (nSPS) is 20.0. The zero-order valence-corrected chi connectivity index (χ0v) is 21.7. The number of nitrogens with zero attached hydrogens (tertiary/aromatic N) is 3. The number of rotatable bonds is 5. The van der Waals surface area contributed by atoms with Crippen LogP contribution in [0.25, 0.3) is 22.0 Å². The van der Waals surface area contributed by atoms with Gasteiger partial charge >= 0.3 is 0 Å². The maximum Gasteiger partial charge on any atom is 0.225 e. The van der Waals surface area contributed by atoms with Crippen molar-refractivity contribution in [2.24, 2.45) is 5.92 Å². The Hall–Kier alpha value is -3.20. The van der Waals surface area contributed by atoms with Crippen LogP contribution in [-0.4, -0.2) is 67.0 Å². The summed E-state index contributed by atoms with van der Waals surface area (Å²) in [7, 11) is -1.37. The van der Waals surface area contributed by atoms with Crippen LogP contribution in [0.15, 0.2) is 36.7 Å². The molecule has 1 aromatic carbocycles. The second kappa shape index (κ2) is 9.69. The third-order valence-corrected chi connectivity index (χ3v) is 9.02. The number of amides is 1. The van der Waals surface area contributed by atoms with Gasteiger partial charge in [0.15, 0.2) is 0 Å². The third-order valence-electron chi connectivity index (χ3n) is 7.31. The van der Waals surface area contributed by atoms with Gasteiger partial charge < -0.3 is 14.4 Å². The van der Waals surface area contributed by atoms with E-state index >= 15 is 0 Å². The molecule has 9 heteroatoms. The predicted octanol–water partition coefficient (Wildman–Crippen LogP) is 3.73. The molecule has 2 aliphatic rings. The molecule has 2 fully saturated rings. The zero-order chi connectivity index (χ0) is 25.4. The molecule has 5 rings (SSSR count). The lowest BCUT2D eigenvalue weighted by Crippen LogP contribution is -2.39. The summed E-state index contributed by atoms with van der Waals surface area (Å²) in [4.78, 5) is 23.8. The first-order valence-corrected chi connectivity index (χ1v) is 14.1. The summed E-state index contributed by atoms with van der Waals surface area (Å²) in [5.74, 6) is 1.44. The van der Waals surface area contributed by atoms with Crippen molar-refractivity contribution in [1.82, 2.24) is 14.9 Å². The number of sulfone groups is 1. The summed E-state index contributed by atoms with van der Waals surface area (Å²) in [6, 6.07) is 7.96. The number of fused-ring (bicyclic) bond motifs is 1. The van der Waals surface area contributed by atoms with E-state index in [9.17, 15) is 13.2 Å². The molecular weight excluding hydrogens is 478 g/mol. The Morgan fingerprint density at radius 3 is 2.58 bits per heavy atom. The van der Waals surface area contributed by atoms with E-state index in [2.05, 4.69) is 16.0 Å². The number of hydrogen-bond donors (Lipinski definition) is 0. The van der Waals surface area contributed by atoms with Gasteiger partial charge in [0, 0.05) is 53.4 Å². The summed E-state index contributed by atoms with van der Waals surface area (Å²) in [6.45, 7) is 5.15. The number of carbonyl (C=O) groups is 1. The average Bonchev–Trinajstić information content (AvgIpc) is 3.33. The van der Waals surface area contributed by atoms with Crippen molar-refractivity contribution in [3.8, 4) is 22.8 Å². The quantitative estimate of drug-likeness (QED) is 0.517. The van der Waals surface area contributed by atoms with E-state index < -0.39 is 9.84 Å². The molecule has 190 valence electrons. The summed E-state index contributed by atoms with van der Waals surface area (Å²) < 4.78 is 35.2. The number of benzene rings is 1. The Morgan fingerprint density at radius 2 is 1.86 bits per heavy atom. The van der Waals surface area contributed by atoms with Gasteiger partial charge in [-0.3, -0.25) is 9.78 Å². The highest BCUT2D eigenvalue weighted by Crippen LogP contribution is 2.36. The first kappa shape index (κ1) is 24.5. The molecule has 0 aliphatic carbocycles. The van der Waals surface area contributed by atoms with Crippen LogP contribution < -0.4 is 9.47 Å². The third kappa shape index (κ3) is 4.76. The van der Waals surface area contributed by atoms with Crippen LogP contribution >= 0.6 is 0 Å². The van der Waals surface area contributed by atoms with Crippen molar-refractivity contribution in [1.29, 1.82) is 0 Å². The van der Waals surface area contributed by atoms with E-state index in [1.807, 2.05) is 43.1 Å². The molecule has 8 nitrogen and oxygen atoms in total. The van der Waals surface area contributed by atoms with Gasteiger partial charge in [-0.25, -0.2) is 13.4 Å². The molecule has 1 atom stereocenters. The lowest BCUT2D eigenvalue weighted by molar-refractivity contribution is -0.135. The van der Waals surface area contributed by atoms with E-state index in [4.69, 9.17) is 9.47 Å². The molecule has 3 aromatic rings. The molecule has 1 amide bonds. The number of ether oxygens (including phenoxy) is 2. The second-order valence-electron chi connectivity index (χ2n) is 9.73. The first-order chi connectivity index (χ1) is 17.3. The summed E-state index contributed by atoms with van der Waals surface area (Å²) in [5, 5.41) is 1.01. The predicted molar refractivity (Wildman–Crippen MR) is 138 cm³/mol. The number of methoxy groups -OCH3 is 1. The molecule has 0 radical (unpaired) electrons. The smallest absolute Gasteiger partial charge is 0.225 e. The number of likely N-dealkylation sites (tertiary alicyclic amines) is 1. The number of aryl methyl sites for hydroxylation is 2. The van der Waals surface area contributed by atoms with E-state index in [1.54, 1.807) is 13.3 Å². The monoisotopic (exact) mass is 509 g/mol. The molecule has 0 unspecified atom stereocenters. The van der Waals surface area contributed by atoms with Crippen molar-refractivity contribution < 1.29 is 22.7 Å². The first-order valence-electron chi connectivity index (χ1n) is 12.3. The average molecular weight is 510 g/mol. The van der Waals surface area contributed by atoms with Crippen LogP contribution in [0.3, 0.4) is 0 Å². The van der Waals surface area contributed by atoms with Gasteiger partial charge in [-0.05, 0) is 56.5 Å². The molecular formula is C27H31N3O5S. The molecule has 2 saturated heterocycles. The SMILES string of the molecule is COc1ncc(-c2ccnc3ccc(O[C@H]4CCN(C(=O)C5CCS(=O)(=O)CC5)C4)c(C)c23)cc1C.